The number of nitrogens with zero attached hydrogens (tertiary/aromatic N) is 2. The predicted molar refractivity (Wildman–Crippen MR) is 132 cm³/mol. The molecule has 2 aromatic heterocycles. The summed E-state index contributed by atoms with van der Waals surface area (Å²) >= 11 is 0. The molecule has 0 unspecified atom stereocenters. The van der Waals surface area contributed by atoms with E-state index in [1.165, 1.54) is 49.8 Å². The Bertz CT molecular complexity index is 1430. The average Bonchev–Trinajstić information content (AvgIpc) is 3.19. The van der Waals surface area contributed by atoms with Crippen molar-refractivity contribution in [2.75, 3.05) is 0 Å². The third-order valence-corrected chi connectivity index (χ3v) is 6.61. The van der Waals surface area contributed by atoms with E-state index in [0.717, 1.165) is 11.0 Å². The summed E-state index contributed by atoms with van der Waals surface area (Å²) in [4.78, 5) is 4.96. The van der Waals surface area contributed by atoms with Gasteiger partial charge in [0.2, 0.25) is 0 Å². The summed E-state index contributed by atoms with van der Waals surface area (Å²) < 4.78 is 2.37. The summed E-state index contributed by atoms with van der Waals surface area (Å²) in [6, 6.07) is 21.1. The van der Waals surface area contributed by atoms with Crippen molar-refractivity contribution in [3.05, 3.63) is 83.0 Å². The Hall–Kier alpha value is -2.48. The van der Waals surface area contributed by atoms with E-state index in [-0.39, 0.29) is 20.1 Å². The zero-order chi connectivity index (χ0) is 21.9. The summed E-state index contributed by atoms with van der Waals surface area (Å²) in [6.45, 7) is 13.5. The second kappa shape index (κ2) is 8.46. The van der Waals surface area contributed by atoms with Crippen molar-refractivity contribution < 1.29 is 20.1 Å². The van der Waals surface area contributed by atoms with Gasteiger partial charge in [-0.25, -0.2) is 0 Å². The van der Waals surface area contributed by atoms with E-state index >= 15 is 0 Å². The molecular weight excluding hydrogens is 569 g/mol. The Labute approximate surface area is 204 Å². The van der Waals surface area contributed by atoms with Crippen LogP contribution in [0.2, 0.25) is 0 Å². The van der Waals surface area contributed by atoms with Gasteiger partial charge in [-0.1, -0.05) is 57.3 Å². The van der Waals surface area contributed by atoms with Gasteiger partial charge in [0.25, 0.3) is 0 Å². The number of hydrogen-bond acceptors (Lipinski definition) is 1. The van der Waals surface area contributed by atoms with Crippen LogP contribution in [0, 0.1) is 19.9 Å². The van der Waals surface area contributed by atoms with Crippen LogP contribution in [0.25, 0.3) is 38.6 Å². The third-order valence-electron chi connectivity index (χ3n) is 6.61. The molecule has 0 atom stereocenters. The summed E-state index contributed by atoms with van der Waals surface area (Å²) in [5, 5.41) is 3.55. The molecular formula is C29H29IrN2-. The fraction of sp³-hybridized carbons (Fsp3) is 0.276. The van der Waals surface area contributed by atoms with Crippen LogP contribution in [-0.4, -0.2) is 9.38 Å². The van der Waals surface area contributed by atoms with Crippen LogP contribution in [0.5, 0.6) is 0 Å². The molecule has 0 bridgehead atoms. The van der Waals surface area contributed by atoms with Gasteiger partial charge in [-0.15, -0.1) is 29.7 Å². The molecule has 32 heavy (non-hydrogen) atoms. The predicted octanol–water partition coefficient (Wildman–Crippen LogP) is 7.97. The number of hydrogen-bond donors (Lipinski definition) is 0. The number of aromatic nitrogens is 2. The zero-order valence-electron chi connectivity index (χ0n) is 19.6. The molecule has 5 rings (SSSR count). The van der Waals surface area contributed by atoms with Crippen LogP contribution in [0.4, 0.5) is 0 Å². The maximum absolute atomic E-state index is 4.96. The van der Waals surface area contributed by atoms with Gasteiger partial charge in [0.15, 0.2) is 0 Å². The van der Waals surface area contributed by atoms with Gasteiger partial charge in [0.1, 0.15) is 0 Å². The average molecular weight is 598 g/mol. The van der Waals surface area contributed by atoms with Gasteiger partial charge in [0.05, 0.1) is 11.3 Å². The first kappa shape index (κ1) is 22.7. The van der Waals surface area contributed by atoms with Crippen molar-refractivity contribution in [1.82, 2.24) is 9.38 Å². The van der Waals surface area contributed by atoms with Crippen molar-refractivity contribution in [3.8, 4) is 11.3 Å². The minimum Gasteiger partial charge on any atom is -0.333 e. The molecule has 0 aliphatic carbocycles. The van der Waals surface area contributed by atoms with Gasteiger partial charge in [-0.05, 0) is 59.4 Å². The number of fused-ring (bicyclic) bond motifs is 6. The van der Waals surface area contributed by atoms with Crippen LogP contribution in [0.1, 0.15) is 61.8 Å². The molecule has 0 spiro atoms. The molecule has 0 N–H and O–H groups in total. The van der Waals surface area contributed by atoms with Crippen LogP contribution in [-0.2, 0) is 20.1 Å². The summed E-state index contributed by atoms with van der Waals surface area (Å²) in [6.07, 6.45) is 2.07. The number of pyridine rings is 1. The second-order valence-electron chi connectivity index (χ2n) is 9.34. The van der Waals surface area contributed by atoms with E-state index in [4.69, 9.17) is 4.98 Å². The van der Waals surface area contributed by atoms with Crippen molar-refractivity contribution in [2.24, 2.45) is 0 Å². The van der Waals surface area contributed by atoms with Gasteiger partial charge >= 0.3 is 0 Å². The van der Waals surface area contributed by atoms with E-state index in [1.807, 2.05) is 6.07 Å². The molecule has 2 nitrogen and oxygen atoms in total. The Kier molecular flexibility index (Phi) is 6.00. The molecule has 0 saturated heterocycles. The molecule has 0 amide bonds. The van der Waals surface area contributed by atoms with Crippen LogP contribution >= 0.6 is 0 Å². The number of imidazole rings is 1. The monoisotopic (exact) mass is 598 g/mol. The van der Waals surface area contributed by atoms with E-state index < -0.39 is 0 Å². The zero-order valence-corrected chi connectivity index (χ0v) is 22.0. The van der Waals surface area contributed by atoms with E-state index in [1.54, 1.807) is 0 Å². The number of benzene rings is 3. The minimum atomic E-state index is 0. The smallest absolute Gasteiger partial charge is 0.0639 e. The summed E-state index contributed by atoms with van der Waals surface area (Å²) in [5.41, 5.74) is 10.1. The Morgan fingerprint density at radius 3 is 2.16 bits per heavy atom. The van der Waals surface area contributed by atoms with Gasteiger partial charge in [-0.2, -0.15) is 0 Å². The maximum Gasteiger partial charge on any atom is 0.0639 e. The van der Waals surface area contributed by atoms with Crippen molar-refractivity contribution in [1.29, 1.82) is 0 Å². The van der Waals surface area contributed by atoms with Crippen LogP contribution in [0.3, 0.4) is 0 Å². The Morgan fingerprint density at radius 1 is 0.844 bits per heavy atom. The molecule has 5 aromatic rings. The standard InChI is InChI=1S/C29H29N2.Ir/c1-17(2)21-12-9-13-22(18(3)4)28(21)27-16-30-29-24-11-8-7-10-23(24)25-14-19(5)20(6)15-26(25)31(27)29;/h7-10,12-18H,1-6H3;/q-1;. The third kappa shape index (κ3) is 3.39. The SMILES string of the molecule is Cc1cc2c3ccc[c-]c3c3ncc(-c4c(C(C)C)cccc4C(C)C)n3c2cc1C.[Ir]. The number of rotatable bonds is 3. The van der Waals surface area contributed by atoms with E-state index in [2.05, 4.69) is 101 Å². The van der Waals surface area contributed by atoms with E-state index in [9.17, 15) is 0 Å². The first-order chi connectivity index (χ1) is 14.9. The van der Waals surface area contributed by atoms with E-state index in [0.29, 0.717) is 11.8 Å². The first-order valence-corrected chi connectivity index (χ1v) is 11.2. The topological polar surface area (TPSA) is 17.3 Å². The molecule has 3 aromatic carbocycles. The van der Waals surface area contributed by atoms with Crippen molar-refractivity contribution >= 4 is 27.3 Å². The Morgan fingerprint density at radius 2 is 1.50 bits per heavy atom. The van der Waals surface area contributed by atoms with Gasteiger partial charge < -0.3 is 4.40 Å². The molecule has 0 aliphatic heterocycles. The molecule has 0 fully saturated rings. The molecule has 1 radical (unpaired) electrons. The summed E-state index contributed by atoms with van der Waals surface area (Å²) in [7, 11) is 0. The fourth-order valence-corrected chi connectivity index (χ4v) is 4.84. The summed E-state index contributed by atoms with van der Waals surface area (Å²) in [5.74, 6) is 0.864. The van der Waals surface area contributed by atoms with Crippen LogP contribution in [0.15, 0.2) is 54.7 Å². The number of aryl methyl sites for hydroxylation is 2. The fourth-order valence-electron chi connectivity index (χ4n) is 4.84. The molecule has 0 saturated carbocycles. The van der Waals surface area contributed by atoms with Gasteiger partial charge in [0, 0.05) is 37.4 Å². The molecule has 165 valence electrons. The van der Waals surface area contributed by atoms with Gasteiger partial charge in [-0.3, -0.25) is 4.98 Å². The van der Waals surface area contributed by atoms with Crippen molar-refractivity contribution in [2.45, 2.75) is 53.4 Å². The first-order valence-electron chi connectivity index (χ1n) is 11.2. The largest absolute Gasteiger partial charge is 0.333 e. The normalized spacial score (nSPS) is 11.8. The van der Waals surface area contributed by atoms with Crippen LogP contribution < -0.4 is 0 Å². The minimum absolute atomic E-state index is 0. The quantitative estimate of drug-likeness (QED) is 0.152. The Balaban J connectivity index is 0.00000245. The molecule has 3 heteroatoms. The second-order valence-corrected chi connectivity index (χ2v) is 9.34. The maximum atomic E-state index is 4.96. The molecule has 2 heterocycles. The molecule has 0 aliphatic rings. The van der Waals surface area contributed by atoms with Crippen molar-refractivity contribution in [3.63, 3.8) is 0 Å².